The van der Waals surface area contributed by atoms with E-state index >= 15 is 0 Å². The average molecular weight is 278 g/mol. The number of nitrogens with two attached hydrogens (primary N) is 1. The third-order valence-corrected chi connectivity index (χ3v) is 3.61. The lowest BCUT2D eigenvalue weighted by Gasteiger charge is -2.10. The monoisotopic (exact) mass is 278 g/mol. The minimum atomic E-state index is 0.551. The number of aromatic nitrogens is 1. The number of fused-ring (bicyclic) bond motifs is 1. The van der Waals surface area contributed by atoms with Crippen LogP contribution in [0.1, 0.15) is 16.7 Å². The molecule has 2 N–H and O–H groups in total. The van der Waals surface area contributed by atoms with E-state index in [1.165, 1.54) is 11.1 Å². The van der Waals surface area contributed by atoms with Gasteiger partial charge in [0.1, 0.15) is 12.4 Å². The van der Waals surface area contributed by atoms with Gasteiger partial charge in [-0.15, -0.1) is 0 Å². The second-order valence-electron chi connectivity index (χ2n) is 5.11. The number of pyridine rings is 1. The van der Waals surface area contributed by atoms with Gasteiger partial charge in [-0.25, -0.2) is 0 Å². The van der Waals surface area contributed by atoms with E-state index in [1.807, 2.05) is 36.4 Å². The van der Waals surface area contributed by atoms with Gasteiger partial charge in [-0.05, 0) is 41.8 Å². The summed E-state index contributed by atoms with van der Waals surface area (Å²) in [6.07, 6.45) is 1.79. The molecular weight excluding hydrogens is 260 g/mol. The third kappa shape index (κ3) is 3.03. The normalized spacial score (nSPS) is 10.8. The summed E-state index contributed by atoms with van der Waals surface area (Å²) in [5.74, 6) is 0.837. The van der Waals surface area contributed by atoms with E-state index in [9.17, 15) is 0 Å². The molecule has 2 aromatic carbocycles. The van der Waals surface area contributed by atoms with Crippen molar-refractivity contribution in [1.29, 1.82) is 0 Å². The lowest BCUT2D eigenvalue weighted by molar-refractivity contribution is 0.306. The highest BCUT2D eigenvalue weighted by Gasteiger charge is 2.02. The number of nitrogens with zero attached hydrogens (tertiary/aromatic N) is 1. The zero-order valence-corrected chi connectivity index (χ0v) is 12.0. The fourth-order valence-electron chi connectivity index (χ4n) is 2.34. The number of hydrogen-bond acceptors (Lipinski definition) is 3. The average Bonchev–Trinajstić information content (AvgIpc) is 2.53. The van der Waals surface area contributed by atoms with Gasteiger partial charge in [0.2, 0.25) is 0 Å². The Morgan fingerprint density at radius 2 is 2.00 bits per heavy atom. The fourth-order valence-corrected chi connectivity index (χ4v) is 2.34. The minimum Gasteiger partial charge on any atom is -0.489 e. The Labute approximate surface area is 124 Å². The maximum atomic E-state index is 5.88. The highest BCUT2D eigenvalue weighted by molar-refractivity contribution is 5.79. The summed E-state index contributed by atoms with van der Waals surface area (Å²) in [6.45, 7) is 3.20. The molecule has 0 amide bonds. The molecular formula is C18H18N2O. The molecule has 106 valence electrons. The molecule has 0 aliphatic carbocycles. The first-order valence-corrected chi connectivity index (χ1v) is 7.02. The molecule has 0 radical (unpaired) electrons. The minimum absolute atomic E-state index is 0.551. The van der Waals surface area contributed by atoms with Crippen LogP contribution in [0.15, 0.2) is 54.7 Å². The van der Waals surface area contributed by atoms with Crippen molar-refractivity contribution in [1.82, 2.24) is 4.98 Å². The van der Waals surface area contributed by atoms with Crippen LogP contribution in [0.4, 0.5) is 0 Å². The van der Waals surface area contributed by atoms with Crippen molar-refractivity contribution in [2.75, 3.05) is 0 Å². The maximum absolute atomic E-state index is 5.88. The Kier molecular flexibility index (Phi) is 3.84. The molecule has 0 atom stereocenters. The summed E-state index contributed by atoms with van der Waals surface area (Å²) in [6, 6.07) is 16.2. The zero-order valence-electron chi connectivity index (χ0n) is 12.0. The molecule has 21 heavy (non-hydrogen) atoms. The van der Waals surface area contributed by atoms with Crippen molar-refractivity contribution >= 4 is 10.9 Å². The number of aryl methyl sites for hydroxylation is 1. The quantitative estimate of drug-likeness (QED) is 0.793. The van der Waals surface area contributed by atoms with Crippen molar-refractivity contribution < 1.29 is 4.74 Å². The van der Waals surface area contributed by atoms with Crippen LogP contribution in [-0.4, -0.2) is 4.98 Å². The van der Waals surface area contributed by atoms with Gasteiger partial charge in [0.15, 0.2) is 0 Å². The Morgan fingerprint density at radius 1 is 1.10 bits per heavy atom. The number of rotatable bonds is 4. The lowest BCUT2D eigenvalue weighted by Crippen LogP contribution is -2.01. The van der Waals surface area contributed by atoms with Crippen LogP contribution in [0.2, 0.25) is 0 Å². The largest absolute Gasteiger partial charge is 0.489 e. The van der Waals surface area contributed by atoms with Crippen molar-refractivity contribution in [3.63, 3.8) is 0 Å². The van der Waals surface area contributed by atoms with Gasteiger partial charge in [0.05, 0.1) is 5.52 Å². The first-order valence-electron chi connectivity index (χ1n) is 7.02. The predicted molar refractivity (Wildman–Crippen MR) is 85.1 cm³/mol. The molecule has 3 aromatic rings. The summed E-state index contributed by atoms with van der Waals surface area (Å²) in [5.41, 5.74) is 10.1. The van der Waals surface area contributed by atoms with Gasteiger partial charge in [0.25, 0.3) is 0 Å². The predicted octanol–water partition coefficient (Wildman–Crippen LogP) is 3.58. The Bertz CT molecular complexity index is 768. The molecule has 0 saturated heterocycles. The topological polar surface area (TPSA) is 48.1 Å². The second-order valence-corrected chi connectivity index (χ2v) is 5.11. The van der Waals surface area contributed by atoms with Gasteiger partial charge in [-0.1, -0.05) is 24.3 Å². The Hall–Kier alpha value is -2.39. The fraction of sp³-hybridized carbons (Fsp3) is 0.167. The van der Waals surface area contributed by atoms with Crippen molar-refractivity contribution in [2.24, 2.45) is 5.73 Å². The second kappa shape index (κ2) is 5.94. The summed E-state index contributed by atoms with van der Waals surface area (Å²) in [7, 11) is 0. The highest BCUT2D eigenvalue weighted by atomic mass is 16.5. The van der Waals surface area contributed by atoms with Crippen LogP contribution in [0, 0.1) is 6.92 Å². The SMILES string of the molecule is Cc1cc(CN)ccc1COc1ccc2cccnc2c1. The van der Waals surface area contributed by atoms with E-state index in [1.54, 1.807) is 6.20 Å². The standard InChI is InChI=1S/C18H18N2O/c1-13-9-14(11-19)4-5-16(13)12-21-17-7-6-15-3-2-8-20-18(15)10-17/h2-10H,11-12,19H2,1H3. The maximum Gasteiger partial charge on any atom is 0.122 e. The molecule has 0 aliphatic heterocycles. The summed E-state index contributed by atoms with van der Waals surface area (Å²) < 4.78 is 5.88. The molecule has 0 saturated carbocycles. The van der Waals surface area contributed by atoms with Gasteiger partial charge in [-0.2, -0.15) is 0 Å². The first-order chi connectivity index (χ1) is 10.3. The number of benzene rings is 2. The van der Waals surface area contributed by atoms with Gasteiger partial charge in [0, 0.05) is 24.2 Å². The molecule has 0 aliphatic rings. The smallest absolute Gasteiger partial charge is 0.122 e. The van der Waals surface area contributed by atoms with Crippen LogP contribution in [-0.2, 0) is 13.2 Å². The van der Waals surface area contributed by atoms with Crippen LogP contribution >= 0.6 is 0 Å². The molecule has 0 unspecified atom stereocenters. The molecule has 1 aromatic heterocycles. The third-order valence-electron chi connectivity index (χ3n) is 3.61. The van der Waals surface area contributed by atoms with Gasteiger partial charge in [-0.3, -0.25) is 4.98 Å². The molecule has 3 rings (SSSR count). The van der Waals surface area contributed by atoms with E-state index in [2.05, 4.69) is 24.0 Å². The highest BCUT2D eigenvalue weighted by Crippen LogP contribution is 2.20. The van der Waals surface area contributed by atoms with E-state index < -0.39 is 0 Å². The summed E-state index contributed by atoms with van der Waals surface area (Å²) in [4.78, 5) is 4.34. The van der Waals surface area contributed by atoms with E-state index in [4.69, 9.17) is 10.5 Å². The van der Waals surface area contributed by atoms with E-state index in [-0.39, 0.29) is 0 Å². The molecule has 3 heteroatoms. The van der Waals surface area contributed by atoms with Gasteiger partial charge >= 0.3 is 0 Å². The summed E-state index contributed by atoms with van der Waals surface area (Å²) in [5, 5.41) is 1.12. The summed E-state index contributed by atoms with van der Waals surface area (Å²) >= 11 is 0. The molecule has 0 fully saturated rings. The number of hydrogen-bond donors (Lipinski definition) is 1. The van der Waals surface area contributed by atoms with Crippen LogP contribution in [0.25, 0.3) is 10.9 Å². The van der Waals surface area contributed by atoms with Gasteiger partial charge < -0.3 is 10.5 Å². The van der Waals surface area contributed by atoms with Crippen LogP contribution in [0.5, 0.6) is 5.75 Å². The number of ether oxygens (including phenoxy) is 1. The van der Waals surface area contributed by atoms with Crippen molar-refractivity contribution in [3.8, 4) is 5.75 Å². The zero-order chi connectivity index (χ0) is 14.7. The van der Waals surface area contributed by atoms with Crippen molar-refractivity contribution in [3.05, 3.63) is 71.4 Å². The van der Waals surface area contributed by atoms with Crippen LogP contribution in [0.3, 0.4) is 0 Å². The lowest BCUT2D eigenvalue weighted by atomic mass is 10.1. The Balaban J connectivity index is 1.77. The molecule has 0 bridgehead atoms. The Morgan fingerprint density at radius 3 is 2.81 bits per heavy atom. The van der Waals surface area contributed by atoms with Crippen molar-refractivity contribution in [2.45, 2.75) is 20.1 Å². The molecule has 0 spiro atoms. The first kappa shape index (κ1) is 13.6. The van der Waals surface area contributed by atoms with Crippen LogP contribution < -0.4 is 10.5 Å². The molecule has 3 nitrogen and oxygen atoms in total. The van der Waals surface area contributed by atoms with E-state index in [0.29, 0.717) is 13.2 Å². The van der Waals surface area contributed by atoms with E-state index in [0.717, 1.165) is 22.2 Å². The molecule has 1 heterocycles.